The Kier molecular flexibility index (Phi) is 10.7. The summed E-state index contributed by atoms with van der Waals surface area (Å²) in [6.07, 6.45) is 0.989. The van der Waals surface area contributed by atoms with Crippen LogP contribution in [0.25, 0.3) is 0 Å². The summed E-state index contributed by atoms with van der Waals surface area (Å²) in [5.41, 5.74) is 12.5. The van der Waals surface area contributed by atoms with E-state index in [9.17, 15) is 14.4 Å². The van der Waals surface area contributed by atoms with Gasteiger partial charge in [0.1, 0.15) is 12.1 Å². The summed E-state index contributed by atoms with van der Waals surface area (Å²) in [4.78, 5) is 37.1. The Morgan fingerprint density at radius 3 is 1.84 bits per heavy atom. The van der Waals surface area contributed by atoms with Gasteiger partial charge >= 0.3 is 7.12 Å². The molecule has 3 atom stereocenters. The molecule has 1 aromatic rings. The van der Waals surface area contributed by atoms with Crippen molar-refractivity contribution in [3.63, 3.8) is 0 Å². The molecule has 0 spiro atoms. The van der Waals surface area contributed by atoms with Crippen LogP contribution >= 0.6 is 0 Å². The lowest BCUT2D eigenvalue weighted by molar-refractivity contribution is -0.132. The van der Waals surface area contributed by atoms with E-state index in [1.165, 1.54) is 0 Å². The molecule has 3 amide bonds. The quantitative estimate of drug-likeness (QED) is 0.226. The molecule has 0 saturated heterocycles. The molecule has 0 radical (unpaired) electrons. The van der Waals surface area contributed by atoms with Crippen LogP contribution < -0.4 is 27.6 Å². The van der Waals surface area contributed by atoms with Crippen LogP contribution in [0, 0.1) is 11.8 Å². The van der Waals surface area contributed by atoms with Gasteiger partial charge in [-0.1, -0.05) is 52.0 Å². The third-order valence-corrected chi connectivity index (χ3v) is 4.78. The summed E-state index contributed by atoms with van der Waals surface area (Å²) in [5.74, 6) is -1.32. The lowest BCUT2D eigenvalue weighted by atomic mass is 9.80. The average molecular weight is 434 g/mol. The normalized spacial score (nSPS) is 14.1. The Morgan fingerprint density at radius 2 is 1.39 bits per heavy atom. The Labute approximate surface area is 184 Å². The van der Waals surface area contributed by atoms with Gasteiger partial charge in [0.05, 0.1) is 6.04 Å². The van der Waals surface area contributed by atoms with Gasteiger partial charge in [0.15, 0.2) is 0 Å². The van der Waals surface area contributed by atoms with Crippen LogP contribution in [0.3, 0.4) is 0 Å². The zero-order valence-electron chi connectivity index (χ0n) is 18.7. The first-order chi connectivity index (χ1) is 14.4. The predicted molar refractivity (Wildman–Crippen MR) is 120 cm³/mol. The standard InChI is InChI=1S/C21H35BN4O5/c1-12(2)9-17(19(24)27)25-21(29)18(10-13(3)4)26-20(28)16(23)11-14-5-7-15(8-6-14)22(30)31/h5-8,12-13,16-18,30-31H,9-11,23H2,1-4H3,(H2,24,27)(H,25,29)(H,26,28)/t16-,17-,18-/m0/s1. The lowest BCUT2D eigenvalue weighted by Crippen LogP contribution is -2.56. The van der Waals surface area contributed by atoms with Crippen LogP contribution in [0.15, 0.2) is 24.3 Å². The number of primary amides is 1. The fourth-order valence-electron chi connectivity index (χ4n) is 3.14. The Balaban J connectivity index is 2.81. The Bertz CT molecular complexity index is 740. The van der Waals surface area contributed by atoms with E-state index in [4.69, 9.17) is 21.5 Å². The highest BCUT2D eigenvalue weighted by Gasteiger charge is 2.28. The molecule has 0 saturated carbocycles. The molecule has 8 N–H and O–H groups in total. The maximum Gasteiger partial charge on any atom is 0.488 e. The molecular weight excluding hydrogens is 399 g/mol. The van der Waals surface area contributed by atoms with Gasteiger partial charge in [-0.05, 0) is 42.1 Å². The molecule has 0 aliphatic rings. The maximum absolute atomic E-state index is 12.8. The van der Waals surface area contributed by atoms with Crippen molar-refractivity contribution in [2.45, 2.75) is 65.1 Å². The molecule has 31 heavy (non-hydrogen) atoms. The number of hydrogen-bond donors (Lipinski definition) is 6. The minimum Gasteiger partial charge on any atom is -0.423 e. The van der Waals surface area contributed by atoms with Crippen LogP contribution in [0.2, 0.25) is 0 Å². The molecule has 9 nitrogen and oxygen atoms in total. The van der Waals surface area contributed by atoms with E-state index in [2.05, 4.69) is 10.6 Å². The largest absolute Gasteiger partial charge is 0.488 e. The Hall–Kier alpha value is -2.43. The highest BCUT2D eigenvalue weighted by Crippen LogP contribution is 2.09. The van der Waals surface area contributed by atoms with Crippen molar-refractivity contribution in [1.82, 2.24) is 10.6 Å². The SMILES string of the molecule is CC(C)C[C@H](NC(=O)[C@H](CC(C)C)NC(=O)[C@@H](N)Cc1ccc(B(O)O)cc1)C(N)=O. The molecule has 1 rings (SSSR count). The summed E-state index contributed by atoms with van der Waals surface area (Å²) in [6, 6.07) is 3.83. The number of benzene rings is 1. The zero-order chi connectivity index (χ0) is 23.7. The van der Waals surface area contributed by atoms with E-state index >= 15 is 0 Å². The van der Waals surface area contributed by atoms with Gasteiger partial charge in [-0.25, -0.2) is 0 Å². The molecule has 0 aliphatic heterocycles. The number of amides is 3. The molecule has 0 heterocycles. The van der Waals surface area contributed by atoms with Gasteiger partial charge < -0.3 is 32.1 Å². The van der Waals surface area contributed by atoms with Crippen LogP contribution in [0.1, 0.15) is 46.1 Å². The number of nitrogens with one attached hydrogen (secondary N) is 2. The van der Waals surface area contributed by atoms with Crippen molar-refractivity contribution in [1.29, 1.82) is 0 Å². The number of nitrogens with two attached hydrogens (primary N) is 2. The van der Waals surface area contributed by atoms with Crippen molar-refractivity contribution >= 4 is 30.3 Å². The first kappa shape index (κ1) is 26.6. The molecule has 1 aromatic carbocycles. The van der Waals surface area contributed by atoms with Crippen molar-refractivity contribution in [3.05, 3.63) is 29.8 Å². The zero-order valence-corrected chi connectivity index (χ0v) is 18.7. The fraction of sp³-hybridized carbons (Fsp3) is 0.571. The third kappa shape index (κ3) is 9.50. The average Bonchev–Trinajstić information content (AvgIpc) is 2.66. The second-order valence-corrected chi connectivity index (χ2v) is 8.71. The third-order valence-electron chi connectivity index (χ3n) is 4.78. The summed E-state index contributed by atoms with van der Waals surface area (Å²) in [6.45, 7) is 7.68. The van der Waals surface area contributed by atoms with Crippen molar-refractivity contribution < 1.29 is 24.4 Å². The van der Waals surface area contributed by atoms with E-state index in [0.29, 0.717) is 18.3 Å². The topological polar surface area (TPSA) is 168 Å². The van der Waals surface area contributed by atoms with Crippen LogP contribution in [0.5, 0.6) is 0 Å². The predicted octanol–water partition coefficient (Wildman–Crippen LogP) is -1.22. The second kappa shape index (κ2) is 12.4. The number of carbonyl (C=O) groups is 3. The highest BCUT2D eigenvalue weighted by atomic mass is 16.4. The van der Waals surface area contributed by atoms with Gasteiger partial charge in [0.2, 0.25) is 17.7 Å². The summed E-state index contributed by atoms with van der Waals surface area (Å²) < 4.78 is 0. The first-order valence-electron chi connectivity index (χ1n) is 10.5. The van der Waals surface area contributed by atoms with Crippen LogP contribution in [-0.2, 0) is 20.8 Å². The maximum atomic E-state index is 12.8. The number of rotatable bonds is 12. The lowest BCUT2D eigenvalue weighted by Gasteiger charge is -2.25. The molecule has 0 bridgehead atoms. The number of carbonyl (C=O) groups excluding carboxylic acids is 3. The van der Waals surface area contributed by atoms with Crippen molar-refractivity contribution in [3.8, 4) is 0 Å². The van der Waals surface area contributed by atoms with Gasteiger partial charge in [-0.3, -0.25) is 14.4 Å². The Morgan fingerprint density at radius 1 is 0.903 bits per heavy atom. The van der Waals surface area contributed by atoms with Gasteiger partial charge in [-0.15, -0.1) is 0 Å². The molecule has 0 aliphatic carbocycles. The fourth-order valence-corrected chi connectivity index (χ4v) is 3.14. The second-order valence-electron chi connectivity index (χ2n) is 8.71. The molecule has 10 heteroatoms. The van der Waals surface area contributed by atoms with E-state index in [1.54, 1.807) is 24.3 Å². The van der Waals surface area contributed by atoms with Gasteiger partial charge in [-0.2, -0.15) is 0 Å². The molecule has 0 unspecified atom stereocenters. The van der Waals surface area contributed by atoms with E-state index < -0.39 is 43.0 Å². The van der Waals surface area contributed by atoms with Crippen molar-refractivity contribution in [2.24, 2.45) is 23.3 Å². The monoisotopic (exact) mass is 434 g/mol. The summed E-state index contributed by atoms with van der Waals surface area (Å²) in [7, 11) is -1.57. The first-order valence-corrected chi connectivity index (χ1v) is 10.5. The molecule has 0 aromatic heterocycles. The summed E-state index contributed by atoms with van der Waals surface area (Å²) >= 11 is 0. The minimum absolute atomic E-state index is 0.113. The highest BCUT2D eigenvalue weighted by molar-refractivity contribution is 6.58. The van der Waals surface area contributed by atoms with Crippen LogP contribution in [-0.4, -0.2) is 53.0 Å². The van der Waals surface area contributed by atoms with Crippen LogP contribution in [0.4, 0.5) is 0 Å². The molecule has 0 fully saturated rings. The van der Waals surface area contributed by atoms with Gasteiger partial charge in [0, 0.05) is 0 Å². The van der Waals surface area contributed by atoms with E-state index in [0.717, 1.165) is 5.56 Å². The smallest absolute Gasteiger partial charge is 0.423 e. The summed E-state index contributed by atoms with van der Waals surface area (Å²) in [5, 5.41) is 23.6. The van der Waals surface area contributed by atoms with Gasteiger partial charge in [0.25, 0.3) is 0 Å². The molecule has 172 valence electrons. The van der Waals surface area contributed by atoms with Crippen molar-refractivity contribution in [2.75, 3.05) is 0 Å². The minimum atomic E-state index is -1.57. The molecular formula is C21H35BN4O5. The van der Waals surface area contributed by atoms with E-state index in [1.807, 2.05) is 27.7 Å². The van der Waals surface area contributed by atoms with E-state index in [-0.39, 0.29) is 18.3 Å². The number of hydrogen-bond acceptors (Lipinski definition) is 6.